The van der Waals surface area contributed by atoms with Crippen LogP contribution in [0.5, 0.6) is 0 Å². The van der Waals surface area contributed by atoms with Crippen LogP contribution in [0.2, 0.25) is 0 Å². The Morgan fingerprint density at radius 2 is 1.88 bits per heavy atom. The van der Waals surface area contributed by atoms with Crippen molar-refractivity contribution in [1.29, 1.82) is 0 Å². The molecule has 2 fully saturated rings. The Hall–Kier alpha value is 0.230. The Bertz CT molecular complexity index is 195. The largest absolute Gasteiger partial charge is 0.313 e. The van der Waals surface area contributed by atoms with Gasteiger partial charge < -0.3 is 15.1 Å². The molecule has 1 N–H and O–H groups in total. The molecule has 4 heteroatoms. The summed E-state index contributed by atoms with van der Waals surface area (Å²) < 4.78 is 0. The van der Waals surface area contributed by atoms with Crippen molar-refractivity contribution in [3.05, 3.63) is 0 Å². The molecule has 2 rings (SSSR count). The predicted molar refractivity (Wildman–Crippen MR) is 72.3 cm³/mol. The maximum Gasteiger partial charge on any atom is 0.0166 e. The molecule has 0 saturated carbocycles. The summed E-state index contributed by atoms with van der Waals surface area (Å²) >= 11 is 2.10. The molecule has 0 aromatic carbocycles. The molecule has 0 radical (unpaired) electrons. The molecule has 0 spiro atoms. The lowest BCUT2D eigenvalue weighted by Gasteiger charge is -2.29. The van der Waals surface area contributed by atoms with Crippen LogP contribution in [0, 0.1) is 0 Å². The van der Waals surface area contributed by atoms with Crippen LogP contribution in [0.15, 0.2) is 0 Å². The molecule has 0 amide bonds. The third-order valence-corrected chi connectivity index (χ3v) is 4.45. The van der Waals surface area contributed by atoms with E-state index in [1.807, 2.05) is 0 Å². The van der Waals surface area contributed by atoms with Crippen molar-refractivity contribution in [2.45, 2.75) is 19.4 Å². The lowest BCUT2D eigenvalue weighted by atomic mass is 10.3. The smallest absolute Gasteiger partial charge is 0.0166 e. The fourth-order valence-corrected chi connectivity index (χ4v) is 3.48. The highest BCUT2D eigenvalue weighted by atomic mass is 32.2. The molecule has 2 heterocycles. The average Bonchev–Trinajstić information content (AvgIpc) is 2.52. The van der Waals surface area contributed by atoms with Gasteiger partial charge in [0.1, 0.15) is 0 Å². The van der Waals surface area contributed by atoms with E-state index in [9.17, 15) is 0 Å². The first-order valence-corrected chi connectivity index (χ1v) is 7.76. The number of nitrogens with zero attached hydrogens (tertiary/aromatic N) is 2. The van der Waals surface area contributed by atoms with E-state index in [2.05, 4.69) is 33.8 Å². The van der Waals surface area contributed by atoms with Crippen LogP contribution in [0.4, 0.5) is 0 Å². The fourth-order valence-electron chi connectivity index (χ4n) is 2.50. The Morgan fingerprint density at radius 3 is 2.69 bits per heavy atom. The van der Waals surface area contributed by atoms with Crippen molar-refractivity contribution in [3.8, 4) is 0 Å². The van der Waals surface area contributed by atoms with Crippen molar-refractivity contribution in [1.82, 2.24) is 15.1 Å². The first-order valence-electron chi connectivity index (χ1n) is 6.60. The van der Waals surface area contributed by atoms with E-state index in [1.54, 1.807) is 0 Å². The van der Waals surface area contributed by atoms with Gasteiger partial charge in [-0.25, -0.2) is 0 Å². The Labute approximate surface area is 104 Å². The van der Waals surface area contributed by atoms with E-state index in [-0.39, 0.29) is 0 Å². The van der Waals surface area contributed by atoms with Gasteiger partial charge >= 0.3 is 0 Å². The van der Waals surface area contributed by atoms with Gasteiger partial charge in [-0.3, -0.25) is 0 Å². The zero-order valence-corrected chi connectivity index (χ0v) is 11.3. The van der Waals surface area contributed by atoms with Crippen LogP contribution in [0.1, 0.15) is 13.3 Å². The zero-order valence-electron chi connectivity index (χ0n) is 10.5. The van der Waals surface area contributed by atoms with Gasteiger partial charge in [-0.15, -0.1) is 0 Å². The highest BCUT2D eigenvalue weighted by molar-refractivity contribution is 7.99. The molecule has 0 bridgehead atoms. The molecule has 2 aliphatic rings. The van der Waals surface area contributed by atoms with Gasteiger partial charge in [0, 0.05) is 50.3 Å². The number of hydrogen-bond donors (Lipinski definition) is 1. The van der Waals surface area contributed by atoms with Gasteiger partial charge in [-0.2, -0.15) is 11.8 Å². The molecular formula is C12H25N3S. The van der Waals surface area contributed by atoms with Crippen LogP contribution in [-0.2, 0) is 0 Å². The van der Waals surface area contributed by atoms with Gasteiger partial charge in [0.2, 0.25) is 0 Å². The van der Waals surface area contributed by atoms with Crippen LogP contribution >= 0.6 is 11.8 Å². The second kappa shape index (κ2) is 6.84. The van der Waals surface area contributed by atoms with E-state index in [0.717, 1.165) is 0 Å². The standard InChI is InChI=1S/C12H25N3S/c1-12-11-15(4-2-3-13-12)6-5-14-7-9-16-10-8-14/h12-13H,2-11H2,1H3. The SMILES string of the molecule is CC1CN(CCN2CCSCC2)CCCN1. The van der Waals surface area contributed by atoms with Crippen molar-refractivity contribution in [2.24, 2.45) is 0 Å². The van der Waals surface area contributed by atoms with Crippen molar-refractivity contribution < 1.29 is 0 Å². The minimum Gasteiger partial charge on any atom is -0.313 e. The summed E-state index contributed by atoms with van der Waals surface area (Å²) in [5.74, 6) is 2.66. The van der Waals surface area contributed by atoms with Crippen LogP contribution in [0.3, 0.4) is 0 Å². The second-order valence-corrected chi connectivity index (χ2v) is 6.19. The molecule has 94 valence electrons. The van der Waals surface area contributed by atoms with E-state index < -0.39 is 0 Å². The number of hydrogen-bond acceptors (Lipinski definition) is 4. The van der Waals surface area contributed by atoms with Crippen LogP contribution < -0.4 is 5.32 Å². The highest BCUT2D eigenvalue weighted by Gasteiger charge is 2.16. The average molecular weight is 243 g/mol. The number of rotatable bonds is 3. The topological polar surface area (TPSA) is 18.5 Å². The van der Waals surface area contributed by atoms with Gasteiger partial charge in [0.05, 0.1) is 0 Å². The van der Waals surface area contributed by atoms with E-state index in [0.29, 0.717) is 6.04 Å². The van der Waals surface area contributed by atoms with Gasteiger partial charge in [-0.05, 0) is 26.4 Å². The van der Waals surface area contributed by atoms with Gasteiger partial charge in [-0.1, -0.05) is 0 Å². The maximum atomic E-state index is 3.55. The third-order valence-electron chi connectivity index (χ3n) is 3.51. The van der Waals surface area contributed by atoms with E-state index in [1.165, 1.54) is 63.7 Å². The maximum absolute atomic E-state index is 3.55. The lowest BCUT2D eigenvalue weighted by molar-refractivity contribution is 0.213. The molecule has 2 saturated heterocycles. The van der Waals surface area contributed by atoms with Crippen molar-refractivity contribution >= 4 is 11.8 Å². The van der Waals surface area contributed by atoms with Crippen LogP contribution in [-0.4, -0.2) is 73.2 Å². The Morgan fingerprint density at radius 1 is 1.12 bits per heavy atom. The summed E-state index contributed by atoms with van der Waals surface area (Å²) in [6, 6.07) is 0.666. The molecule has 3 nitrogen and oxygen atoms in total. The zero-order chi connectivity index (χ0) is 11.2. The normalized spacial score (nSPS) is 30.2. The number of nitrogens with one attached hydrogen (secondary N) is 1. The quantitative estimate of drug-likeness (QED) is 0.787. The molecule has 1 unspecified atom stereocenters. The molecule has 1 atom stereocenters. The van der Waals surface area contributed by atoms with Crippen molar-refractivity contribution in [3.63, 3.8) is 0 Å². The summed E-state index contributed by atoms with van der Waals surface area (Å²) in [5.41, 5.74) is 0. The summed E-state index contributed by atoms with van der Waals surface area (Å²) in [5, 5.41) is 3.55. The first kappa shape index (κ1) is 12.7. The molecule has 0 aromatic rings. The molecule has 0 aliphatic carbocycles. The fraction of sp³-hybridized carbons (Fsp3) is 1.00. The summed E-state index contributed by atoms with van der Waals surface area (Å²) in [4.78, 5) is 5.26. The third kappa shape index (κ3) is 4.24. The minimum atomic E-state index is 0.666. The number of thioether (sulfide) groups is 1. The predicted octanol–water partition coefficient (Wildman–Crippen LogP) is 0.719. The van der Waals surface area contributed by atoms with Crippen molar-refractivity contribution in [2.75, 3.05) is 57.3 Å². The monoisotopic (exact) mass is 243 g/mol. The Balaban J connectivity index is 1.67. The van der Waals surface area contributed by atoms with Crippen LogP contribution in [0.25, 0.3) is 0 Å². The van der Waals surface area contributed by atoms with E-state index >= 15 is 0 Å². The highest BCUT2D eigenvalue weighted by Crippen LogP contribution is 2.09. The molecule has 0 aromatic heterocycles. The molecule has 2 aliphatic heterocycles. The molecular weight excluding hydrogens is 218 g/mol. The summed E-state index contributed by atoms with van der Waals surface area (Å²) in [7, 11) is 0. The van der Waals surface area contributed by atoms with Gasteiger partial charge in [0.15, 0.2) is 0 Å². The van der Waals surface area contributed by atoms with Gasteiger partial charge in [0.25, 0.3) is 0 Å². The molecule has 16 heavy (non-hydrogen) atoms. The summed E-state index contributed by atoms with van der Waals surface area (Å²) in [6.07, 6.45) is 1.31. The second-order valence-electron chi connectivity index (χ2n) is 4.96. The first-order chi connectivity index (χ1) is 7.84. The lowest BCUT2D eigenvalue weighted by Crippen LogP contribution is -2.42. The summed E-state index contributed by atoms with van der Waals surface area (Å²) in [6.45, 7) is 11.1. The van der Waals surface area contributed by atoms with E-state index in [4.69, 9.17) is 0 Å². The Kier molecular flexibility index (Phi) is 5.42. The minimum absolute atomic E-state index is 0.666.